The van der Waals surface area contributed by atoms with Gasteiger partial charge in [0.25, 0.3) is 0 Å². The second-order valence-electron chi connectivity index (χ2n) is 3.27. The third kappa shape index (κ3) is 2.60. The predicted molar refractivity (Wildman–Crippen MR) is 64.1 cm³/mol. The quantitative estimate of drug-likeness (QED) is 0.866. The van der Waals surface area contributed by atoms with Crippen LogP contribution in [0.3, 0.4) is 0 Å². The van der Waals surface area contributed by atoms with Crippen LogP contribution in [0.2, 0.25) is 0 Å². The van der Waals surface area contributed by atoms with E-state index >= 15 is 0 Å². The Labute approximate surface area is 109 Å². The lowest BCUT2D eigenvalue weighted by Crippen LogP contribution is -1.98. The van der Waals surface area contributed by atoms with Gasteiger partial charge in [-0.3, -0.25) is 0 Å². The number of aromatic nitrogens is 2. The lowest BCUT2D eigenvalue weighted by atomic mass is 10.3. The Bertz CT molecular complexity index is 622. The highest BCUT2D eigenvalue weighted by atomic mass is 79.9. The Morgan fingerprint density at radius 3 is 2.56 bits per heavy atom. The summed E-state index contributed by atoms with van der Waals surface area (Å²) in [5.74, 6) is -1.18. The number of hydrogen-bond acceptors (Lipinski definition) is 4. The van der Waals surface area contributed by atoms with Crippen LogP contribution in [0.15, 0.2) is 29.0 Å². The van der Waals surface area contributed by atoms with Gasteiger partial charge in [-0.2, -0.15) is 5.26 Å². The van der Waals surface area contributed by atoms with Crippen molar-refractivity contribution in [2.24, 2.45) is 0 Å². The van der Waals surface area contributed by atoms with E-state index in [1.165, 1.54) is 18.5 Å². The van der Waals surface area contributed by atoms with Gasteiger partial charge in [-0.05, 0) is 22.0 Å². The number of nitriles is 1. The minimum atomic E-state index is -0.748. The summed E-state index contributed by atoms with van der Waals surface area (Å²) < 4.78 is 26.6. The van der Waals surface area contributed by atoms with E-state index in [1.54, 1.807) is 0 Å². The van der Waals surface area contributed by atoms with Gasteiger partial charge in [0.05, 0.1) is 22.6 Å². The highest BCUT2D eigenvalue weighted by molar-refractivity contribution is 9.10. The molecule has 7 heteroatoms. The van der Waals surface area contributed by atoms with Gasteiger partial charge in [-0.15, -0.1) is 0 Å². The molecular weight excluding hydrogens is 306 g/mol. The molecule has 0 aliphatic heterocycles. The smallest absolute Gasteiger partial charge is 0.158 e. The first kappa shape index (κ1) is 12.4. The van der Waals surface area contributed by atoms with Crippen LogP contribution in [-0.2, 0) is 0 Å². The average molecular weight is 311 g/mol. The number of anilines is 2. The molecule has 0 saturated heterocycles. The molecule has 1 aromatic carbocycles. The van der Waals surface area contributed by atoms with E-state index in [1.807, 2.05) is 6.07 Å². The molecule has 0 saturated carbocycles. The summed E-state index contributed by atoms with van der Waals surface area (Å²) in [6.07, 6.45) is 2.54. The summed E-state index contributed by atoms with van der Waals surface area (Å²) in [4.78, 5) is 7.63. The molecule has 0 atom stereocenters. The fourth-order valence-corrected chi connectivity index (χ4v) is 1.55. The second kappa shape index (κ2) is 5.06. The molecule has 0 bridgehead atoms. The molecule has 90 valence electrons. The Morgan fingerprint density at radius 2 is 1.94 bits per heavy atom. The maximum absolute atomic E-state index is 13.4. The SMILES string of the molecule is N#Cc1cnc(Nc2cc(Br)c(F)cc2F)cn1. The summed E-state index contributed by atoms with van der Waals surface area (Å²) >= 11 is 2.96. The topological polar surface area (TPSA) is 61.6 Å². The van der Waals surface area contributed by atoms with Crippen molar-refractivity contribution >= 4 is 27.4 Å². The third-order valence-electron chi connectivity index (χ3n) is 2.04. The van der Waals surface area contributed by atoms with Crippen LogP contribution >= 0.6 is 15.9 Å². The van der Waals surface area contributed by atoms with Gasteiger partial charge in [0.15, 0.2) is 5.69 Å². The normalized spacial score (nSPS) is 9.89. The van der Waals surface area contributed by atoms with Crippen molar-refractivity contribution in [2.45, 2.75) is 0 Å². The lowest BCUT2D eigenvalue weighted by Gasteiger charge is -2.07. The zero-order valence-electron chi connectivity index (χ0n) is 8.78. The summed E-state index contributed by atoms with van der Waals surface area (Å²) in [5, 5.41) is 11.2. The lowest BCUT2D eigenvalue weighted by molar-refractivity contribution is 0.581. The molecule has 18 heavy (non-hydrogen) atoms. The fraction of sp³-hybridized carbons (Fsp3) is 0. The van der Waals surface area contributed by atoms with Crippen LogP contribution in [0.4, 0.5) is 20.3 Å². The molecule has 0 fully saturated rings. The van der Waals surface area contributed by atoms with Crippen molar-refractivity contribution in [3.63, 3.8) is 0 Å². The number of nitrogens with zero attached hydrogens (tertiary/aromatic N) is 3. The van der Waals surface area contributed by atoms with Crippen LogP contribution in [-0.4, -0.2) is 9.97 Å². The van der Waals surface area contributed by atoms with Crippen molar-refractivity contribution in [3.8, 4) is 6.07 Å². The van der Waals surface area contributed by atoms with Gasteiger partial charge in [-0.25, -0.2) is 18.7 Å². The number of hydrogen-bond donors (Lipinski definition) is 1. The first-order valence-corrected chi connectivity index (χ1v) is 5.53. The first-order chi connectivity index (χ1) is 8.60. The van der Waals surface area contributed by atoms with Crippen molar-refractivity contribution in [2.75, 3.05) is 5.32 Å². The van der Waals surface area contributed by atoms with Crippen LogP contribution in [0.1, 0.15) is 5.69 Å². The van der Waals surface area contributed by atoms with E-state index in [9.17, 15) is 8.78 Å². The van der Waals surface area contributed by atoms with Crippen molar-refractivity contribution in [1.29, 1.82) is 5.26 Å². The Morgan fingerprint density at radius 1 is 1.17 bits per heavy atom. The highest BCUT2D eigenvalue weighted by Crippen LogP contribution is 2.25. The molecule has 0 aliphatic carbocycles. The van der Waals surface area contributed by atoms with Gasteiger partial charge in [-0.1, -0.05) is 0 Å². The molecule has 2 aromatic rings. The molecule has 0 radical (unpaired) electrons. The summed E-state index contributed by atoms with van der Waals surface area (Å²) in [6, 6.07) is 3.82. The average Bonchev–Trinajstić information content (AvgIpc) is 2.37. The predicted octanol–water partition coefficient (Wildman–Crippen LogP) is 3.13. The molecule has 1 heterocycles. The summed E-state index contributed by atoms with van der Waals surface area (Å²) in [5.41, 5.74) is 0.212. The molecule has 1 aromatic heterocycles. The van der Waals surface area contributed by atoms with Gasteiger partial charge < -0.3 is 5.32 Å². The second-order valence-corrected chi connectivity index (χ2v) is 4.12. The van der Waals surface area contributed by atoms with Crippen LogP contribution in [0, 0.1) is 23.0 Å². The van der Waals surface area contributed by atoms with E-state index in [4.69, 9.17) is 5.26 Å². The van der Waals surface area contributed by atoms with Crippen LogP contribution in [0.25, 0.3) is 0 Å². The molecule has 0 unspecified atom stereocenters. The largest absolute Gasteiger partial charge is 0.337 e. The van der Waals surface area contributed by atoms with Gasteiger partial charge in [0, 0.05) is 6.07 Å². The minimum absolute atomic E-state index is 0.0577. The van der Waals surface area contributed by atoms with Gasteiger partial charge >= 0.3 is 0 Å². The van der Waals surface area contributed by atoms with Gasteiger partial charge in [0.1, 0.15) is 23.5 Å². The Kier molecular flexibility index (Phi) is 3.48. The number of rotatable bonds is 2. The number of halogens is 3. The van der Waals surface area contributed by atoms with Crippen LogP contribution < -0.4 is 5.32 Å². The highest BCUT2D eigenvalue weighted by Gasteiger charge is 2.09. The zero-order chi connectivity index (χ0) is 13.1. The molecule has 1 N–H and O–H groups in total. The van der Waals surface area contributed by atoms with Crippen LogP contribution in [0.5, 0.6) is 0 Å². The van der Waals surface area contributed by atoms with E-state index in [2.05, 4.69) is 31.2 Å². The molecule has 4 nitrogen and oxygen atoms in total. The standard InChI is InChI=1S/C11H5BrF2N4/c12-7-1-10(9(14)2-8(7)13)18-11-5-16-6(3-15)4-17-11/h1-2,4-5H,(H,17,18). The third-order valence-corrected chi connectivity index (χ3v) is 2.65. The molecule has 0 aliphatic rings. The molecule has 0 amide bonds. The summed E-state index contributed by atoms with van der Waals surface area (Å²) in [6.45, 7) is 0. The van der Waals surface area contributed by atoms with E-state index in [0.717, 1.165) is 6.07 Å². The first-order valence-electron chi connectivity index (χ1n) is 4.74. The summed E-state index contributed by atoms with van der Waals surface area (Å²) in [7, 11) is 0. The van der Waals surface area contributed by atoms with E-state index in [0.29, 0.717) is 0 Å². The fourth-order valence-electron chi connectivity index (χ4n) is 1.21. The van der Waals surface area contributed by atoms with Crippen molar-refractivity contribution < 1.29 is 8.78 Å². The Hall–Kier alpha value is -2.07. The molecular formula is C11H5BrF2N4. The maximum atomic E-state index is 13.4. The Balaban J connectivity index is 2.28. The maximum Gasteiger partial charge on any atom is 0.158 e. The van der Waals surface area contributed by atoms with E-state index in [-0.39, 0.29) is 21.7 Å². The zero-order valence-corrected chi connectivity index (χ0v) is 10.4. The molecule has 0 spiro atoms. The van der Waals surface area contributed by atoms with E-state index < -0.39 is 11.6 Å². The van der Waals surface area contributed by atoms with Crippen molar-refractivity contribution in [1.82, 2.24) is 9.97 Å². The number of nitrogens with one attached hydrogen (secondary N) is 1. The number of benzene rings is 1. The van der Waals surface area contributed by atoms with Crippen molar-refractivity contribution in [3.05, 3.63) is 46.3 Å². The monoisotopic (exact) mass is 310 g/mol. The molecule has 2 rings (SSSR count). The minimum Gasteiger partial charge on any atom is -0.337 e. The van der Waals surface area contributed by atoms with Gasteiger partial charge in [0.2, 0.25) is 0 Å².